The Morgan fingerprint density at radius 2 is 2.14 bits per heavy atom. The highest BCUT2D eigenvalue weighted by atomic mass is 32.2. The Balaban J connectivity index is 1.84. The first-order valence-electron chi connectivity index (χ1n) is 7.46. The highest BCUT2D eigenvalue weighted by molar-refractivity contribution is 7.98. The van der Waals surface area contributed by atoms with E-state index in [2.05, 4.69) is 34.2 Å². The number of fused-ring (bicyclic) bond motifs is 3. The minimum absolute atomic E-state index is 0.0595. The summed E-state index contributed by atoms with van der Waals surface area (Å²) >= 11 is 1.50. The van der Waals surface area contributed by atoms with Crippen molar-refractivity contribution < 1.29 is 0 Å². The van der Waals surface area contributed by atoms with E-state index in [-0.39, 0.29) is 11.0 Å². The first-order chi connectivity index (χ1) is 10.2. The van der Waals surface area contributed by atoms with Crippen molar-refractivity contribution in [1.29, 1.82) is 0 Å². The highest BCUT2D eigenvalue weighted by Gasteiger charge is 2.43. The molecule has 0 saturated heterocycles. The molecule has 4 rings (SSSR count). The molecule has 108 valence electrons. The summed E-state index contributed by atoms with van der Waals surface area (Å²) in [5.74, 6) is 0. The predicted molar refractivity (Wildman–Crippen MR) is 85.1 cm³/mol. The molecule has 0 saturated carbocycles. The lowest BCUT2D eigenvalue weighted by Gasteiger charge is -2.35. The minimum atomic E-state index is 0.0595. The second-order valence-corrected chi connectivity index (χ2v) is 6.94. The van der Waals surface area contributed by atoms with Gasteiger partial charge >= 0.3 is 0 Å². The van der Waals surface area contributed by atoms with Crippen LogP contribution in [0.2, 0.25) is 0 Å². The third kappa shape index (κ3) is 1.96. The largest absolute Gasteiger partial charge is 0.301 e. The van der Waals surface area contributed by atoms with Crippen LogP contribution in [0.1, 0.15) is 35.2 Å². The van der Waals surface area contributed by atoms with Crippen LogP contribution in [-0.4, -0.2) is 16.2 Å². The maximum Gasteiger partial charge on any atom is 0.255 e. The summed E-state index contributed by atoms with van der Waals surface area (Å²) in [7, 11) is 0. The summed E-state index contributed by atoms with van der Waals surface area (Å²) in [4.78, 5) is 19.9. The Kier molecular flexibility index (Phi) is 2.96. The van der Waals surface area contributed by atoms with E-state index in [4.69, 9.17) is 0 Å². The second-order valence-electron chi connectivity index (χ2n) is 6.15. The molecule has 2 aliphatic carbocycles. The van der Waals surface area contributed by atoms with Gasteiger partial charge in [0.25, 0.3) is 5.56 Å². The summed E-state index contributed by atoms with van der Waals surface area (Å²) < 4.78 is 0. The molecule has 2 aromatic rings. The molecule has 21 heavy (non-hydrogen) atoms. The lowest BCUT2D eigenvalue weighted by molar-refractivity contribution is 0.375. The predicted octanol–water partition coefficient (Wildman–Crippen LogP) is 2.86. The van der Waals surface area contributed by atoms with Gasteiger partial charge in [-0.25, -0.2) is 4.98 Å². The molecule has 1 aromatic heterocycles. The van der Waals surface area contributed by atoms with Crippen molar-refractivity contribution in [3.05, 3.63) is 57.0 Å². The van der Waals surface area contributed by atoms with Gasteiger partial charge in [0.05, 0.1) is 5.69 Å². The van der Waals surface area contributed by atoms with Crippen LogP contribution in [0.15, 0.2) is 34.2 Å². The first kappa shape index (κ1) is 13.1. The van der Waals surface area contributed by atoms with Crippen LogP contribution in [0.4, 0.5) is 0 Å². The van der Waals surface area contributed by atoms with Gasteiger partial charge in [0.15, 0.2) is 5.16 Å². The smallest absolute Gasteiger partial charge is 0.255 e. The molecule has 2 aliphatic rings. The van der Waals surface area contributed by atoms with E-state index >= 15 is 0 Å². The third-order valence-electron chi connectivity index (χ3n) is 4.98. The van der Waals surface area contributed by atoms with Gasteiger partial charge in [0.1, 0.15) is 0 Å². The molecular formula is C17H18N2OS. The number of H-pyrrole nitrogens is 1. The Labute approximate surface area is 128 Å². The normalized spacial score (nSPS) is 23.1. The number of hydrogen-bond acceptors (Lipinski definition) is 3. The van der Waals surface area contributed by atoms with Crippen LogP contribution in [0, 0.1) is 0 Å². The monoisotopic (exact) mass is 298 g/mol. The molecule has 1 atom stereocenters. The molecule has 0 amide bonds. The number of benzene rings is 1. The molecule has 1 N–H and O–H groups in total. The average Bonchev–Trinajstić information content (AvgIpc) is 2.87. The summed E-state index contributed by atoms with van der Waals surface area (Å²) in [5, 5.41) is 0.736. The number of nitrogens with one attached hydrogen (secondary N) is 1. The van der Waals surface area contributed by atoms with Gasteiger partial charge in [-0.05, 0) is 43.1 Å². The topological polar surface area (TPSA) is 45.8 Å². The zero-order valence-corrected chi connectivity index (χ0v) is 12.9. The van der Waals surface area contributed by atoms with Crippen molar-refractivity contribution in [2.45, 2.75) is 42.7 Å². The lowest BCUT2D eigenvalue weighted by atomic mass is 9.68. The maximum absolute atomic E-state index is 12.3. The summed E-state index contributed by atoms with van der Waals surface area (Å²) in [6.45, 7) is 0. The summed E-state index contributed by atoms with van der Waals surface area (Å²) in [6.07, 6.45) is 7.24. The van der Waals surface area contributed by atoms with Crippen molar-refractivity contribution in [3.8, 4) is 0 Å². The molecule has 1 unspecified atom stereocenters. The summed E-state index contributed by atoms with van der Waals surface area (Å²) in [5.41, 5.74) is 4.99. The van der Waals surface area contributed by atoms with E-state index in [1.165, 1.54) is 29.3 Å². The van der Waals surface area contributed by atoms with Crippen LogP contribution in [0.25, 0.3) is 0 Å². The minimum Gasteiger partial charge on any atom is -0.301 e. The fraction of sp³-hybridized carbons (Fsp3) is 0.412. The molecular weight excluding hydrogens is 280 g/mol. The van der Waals surface area contributed by atoms with Crippen LogP contribution < -0.4 is 5.56 Å². The molecule has 3 nitrogen and oxygen atoms in total. The molecule has 0 bridgehead atoms. The second kappa shape index (κ2) is 4.73. The Hall–Kier alpha value is -1.55. The number of aryl methyl sites for hydroxylation is 1. The number of hydrogen-bond donors (Lipinski definition) is 1. The van der Waals surface area contributed by atoms with Crippen LogP contribution in [0.5, 0.6) is 0 Å². The number of rotatable bonds is 1. The van der Waals surface area contributed by atoms with Crippen LogP contribution in [0.3, 0.4) is 0 Å². The number of aromatic amines is 1. The number of thioether (sulfide) groups is 1. The maximum atomic E-state index is 12.3. The van der Waals surface area contributed by atoms with Crippen molar-refractivity contribution in [3.63, 3.8) is 0 Å². The van der Waals surface area contributed by atoms with E-state index in [1.54, 1.807) is 0 Å². The van der Waals surface area contributed by atoms with E-state index in [1.807, 2.05) is 6.26 Å². The van der Waals surface area contributed by atoms with Crippen LogP contribution in [-0.2, 0) is 24.7 Å². The van der Waals surface area contributed by atoms with E-state index < -0.39 is 0 Å². The van der Waals surface area contributed by atoms with Gasteiger partial charge in [-0.15, -0.1) is 0 Å². The van der Waals surface area contributed by atoms with E-state index in [0.29, 0.717) is 0 Å². The zero-order valence-electron chi connectivity index (χ0n) is 12.1. The highest BCUT2D eigenvalue weighted by Crippen LogP contribution is 2.46. The fourth-order valence-electron chi connectivity index (χ4n) is 4.04. The standard InChI is InChI=1S/C17H18N2OS/c1-21-16-18-14-10-17(9-12(14)15(20)19-16)8-4-6-11-5-2-3-7-13(11)17/h2-3,5,7H,4,6,8-10H2,1H3,(H,18,19,20). The quantitative estimate of drug-likeness (QED) is 0.650. The fourth-order valence-corrected chi connectivity index (χ4v) is 4.44. The van der Waals surface area contributed by atoms with E-state index in [0.717, 1.165) is 42.1 Å². The van der Waals surface area contributed by atoms with Crippen molar-refractivity contribution >= 4 is 11.8 Å². The van der Waals surface area contributed by atoms with Crippen molar-refractivity contribution in [2.24, 2.45) is 0 Å². The Morgan fingerprint density at radius 3 is 3.00 bits per heavy atom. The summed E-state index contributed by atoms with van der Waals surface area (Å²) in [6, 6.07) is 8.74. The lowest BCUT2D eigenvalue weighted by Crippen LogP contribution is -2.32. The molecule has 0 aliphatic heterocycles. The van der Waals surface area contributed by atoms with Gasteiger partial charge in [0, 0.05) is 17.4 Å². The Morgan fingerprint density at radius 1 is 1.29 bits per heavy atom. The molecule has 1 spiro atoms. The van der Waals surface area contributed by atoms with Gasteiger partial charge in [-0.3, -0.25) is 4.79 Å². The van der Waals surface area contributed by atoms with Gasteiger partial charge in [0.2, 0.25) is 0 Å². The van der Waals surface area contributed by atoms with Crippen LogP contribution >= 0.6 is 11.8 Å². The van der Waals surface area contributed by atoms with Crippen molar-refractivity contribution in [1.82, 2.24) is 9.97 Å². The average molecular weight is 298 g/mol. The van der Waals surface area contributed by atoms with Gasteiger partial charge in [-0.1, -0.05) is 36.0 Å². The molecule has 4 heteroatoms. The van der Waals surface area contributed by atoms with E-state index in [9.17, 15) is 4.79 Å². The SMILES string of the molecule is CSc1nc2c(c(=O)[nH]1)CC1(CCCc3ccccc31)C2. The Bertz CT molecular complexity index is 768. The molecule has 1 aromatic carbocycles. The van der Waals surface area contributed by atoms with Crippen molar-refractivity contribution in [2.75, 3.05) is 6.26 Å². The molecule has 0 radical (unpaired) electrons. The number of nitrogens with zero attached hydrogens (tertiary/aromatic N) is 1. The van der Waals surface area contributed by atoms with Gasteiger partial charge < -0.3 is 4.98 Å². The molecule has 1 heterocycles. The molecule has 0 fully saturated rings. The van der Waals surface area contributed by atoms with Gasteiger partial charge in [-0.2, -0.15) is 0 Å². The zero-order chi connectivity index (χ0) is 14.4. The number of aromatic nitrogens is 2. The first-order valence-corrected chi connectivity index (χ1v) is 8.69. The third-order valence-corrected chi connectivity index (χ3v) is 5.56.